The SMILES string of the molecule is CC(C)(C)c1csc(NC(=O)Nc2ccccn2)n1. The van der Waals surface area contributed by atoms with E-state index in [2.05, 4.69) is 41.4 Å². The number of carbonyl (C=O) groups is 1. The Balaban J connectivity index is 1.98. The van der Waals surface area contributed by atoms with Gasteiger partial charge in [-0.05, 0) is 12.1 Å². The first-order chi connectivity index (χ1) is 8.95. The average molecular weight is 276 g/mol. The first kappa shape index (κ1) is 13.5. The van der Waals surface area contributed by atoms with Crippen molar-refractivity contribution < 1.29 is 4.79 Å². The van der Waals surface area contributed by atoms with Crippen molar-refractivity contribution in [3.63, 3.8) is 0 Å². The highest BCUT2D eigenvalue weighted by Gasteiger charge is 2.18. The number of carbonyl (C=O) groups excluding carboxylic acids is 1. The molecule has 0 aliphatic rings. The van der Waals surface area contributed by atoms with Gasteiger partial charge in [0.25, 0.3) is 0 Å². The molecular formula is C13H16N4OS. The number of hydrogen-bond donors (Lipinski definition) is 2. The predicted octanol–water partition coefficient (Wildman–Crippen LogP) is 3.48. The molecule has 0 fully saturated rings. The highest BCUT2D eigenvalue weighted by molar-refractivity contribution is 7.14. The summed E-state index contributed by atoms with van der Waals surface area (Å²) < 4.78 is 0. The highest BCUT2D eigenvalue weighted by Crippen LogP contribution is 2.26. The molecule has 2 heterocycles. The maximum Gasteiger partial charge on any atom is 0.326 e. The Kier molecular flexibility index (Phi) is 3.80. The van der Waals surface area contributed by atoms with Gasteiger partial charge in [0, 0.05) is 17.0 Å². The minimum atomic E-state index is -0.339. The van der Waals surface area contributed by atoms with Gasteiger partial charge in [0.2, 0.25) is 0 Å². The van der Waals surface area contributed by atoms with Crippen LogP contribution in [-0.4, -0.2) is 16.0 Å². The molecule has 2 aromatic heterocycles. The van der Waals surface area contributed by atoms with Gasteiger partial charge in [-0.15, -0.1) is 11.3 Å². The maximum atomic E-state index is 11.7. The summed E-state index contributed by atoms with van der Waals surface area (Å²) in [5.41, 5.74) is 0.944. The van der Waals surface area contributed by atoms with E-state index >= 15 is 0 Å². The highest BCUT2D eigenvalue weighted by atomic mass is 32.1. The van der Waals surface area contributed by atoms with Crippen LogP contribution < -0.4 is 10.6 Å². The lowest BCUT2D eigenvalue weighted by molar-refractivity contribution is 0.262. The molecule has 0 aliphatic heterocycles. The first-order valence-electron chi connectivity index (χ1n) is 5.90. The quantitative estimate of drug-likeness (QED) is 0.882. The van der Waals surface area contributed by atoms with Gasteiger partial charge >= 0.3 is 6.03 Å². The molecule has 6 heteroatoms. The van der Waals surface area contributed by atoms with E-state index < -0.39 is 0 Å². The van der Waals surface area contributed by atoms with Crippen molar-refractivity contribution in [1.29, 1.82) is 0 Å². The third kappa shape index (κ3) is 3.75. The molecule has 5 nitrogen and oxygen atoms in total. The summed E-state index contributed by atoms with van der Waals surface area (Å²) in [7, 11) is 0. The Bertz CT molecular complexity index is 560. The first-order valence-corrected chi connectivity index (χ1v) is 6.78. The Morgan fingerprint density at radius 1 is 1.26 bits per heavy atom. The molecule has 0 saturated carbocycles. The molecule has 0 saturated heterocycles. The van der Waals surface area contributed by atoms with Crippen LogP contribution in [0.1, 0.15) is 26.5 Å². The monoisotopic (exact) mass is 276 g/mol. The molecule has 0 aliphatic carbocycles. The molecule has 0 spiro atoms. The number of nitrogens with zero attached hydrogens (tertiary/aromatic N) is 2. The van der Waals surface area contributed by atoms with Crippen LogP contribution in [0.4, 0.5) is 15.7 Å². The lowest BCUT2D eigenvalue weighted by Gasteiger charge is -2.14. The van der Waals surface area contributed by atoms with E-state index in [-0.39, 0.29) is 11.4 Å². The van der Waals surface area contributed by atoms with Crippen LogP contribution in [0, 0.1) is 0 Å². The van der Waals surface area contributed by atoms with Crippen molar-refractivity contribution in [3.8, 4) is 0 Å². The zero-order valence-electron chi connectivity index (χ0n) is 11.1. The van der Waals surface area contributed by atoms with Crippen LogP contribution in [0.5, 0.6) is 0 Å². The van der Waals surface area contributed by atoms with Crippen LogP contribution >= 0.6 is 11.3 Å². The van der Waals surface area contributed by atoms with Gasteiger partial charge in [-0.25, -0.2) is 14.8 Å². The Morgan fingerprint density at radius 3 is 2.63 bits per heavy atom. The molecule has 0 radical (unpaired) electrons. The Labute approximate surface area is 116 Å². The predicted molar refractivity (Wildman–Crippen MR) is 77.7 cm³/mol. The van der Waals surface area contributed by atoms with Gasteiger partial charge in [0.05, 0.1) is 5.69 Å². The van der Waals surface area contributed by atoms with Crippen LogP contribution in [-0.2, 0) is 5.41 Å². The normalized spacial score (nSPS) is 11.1. The zero-order valence-corrected chi connectivity index (χ0v) is 11.9. The topological polar surface area (TPSA) is 66.9 Å². The number of rotatable bonds is 2. The van der Waals surface area contributed by atoms with E-state index in [0.29, 0.717) is 10.9 Å². The minimum absolute atomic E-state index is 0.0199. The van der Waals surface area contributed by atoms with E-state index in [1.54, 1.807) is 18.3 Å². The lowest BCUT2D eigenvalue weighted by atomic mass is 9.93. The van der Waals surface area contributed by atoms with Crippen molar-refractivity contribution in [2.24, 2.45) is 0 Å². The van der Waals surface area contributed by atoms with Gasteiger partial charge in [-0.1, -0.05) is 26.8 Å². The second-order valence-corrected chi connectivity index (χ2v) is 5.94. The van der Waals surface area contributed by atoms with Crippen molar-refractivity contribution in [3.05, 3.63) is 35.5 Å². The summed E-state index contributed by atoms with van der Waals surface area (Å²) in [4.78, 5) is 20.2. The number of amides is 2. The number of aromatic nitrogens is 2. The third-order valence-electron chi connectivity index (χ3n) is 2.40. The molecule has 100 valence electrons. The van der Waals surface area contributed by atoms with E-state index in [1.807, 2.05) is 11.4 Å². The molecule has 0 aromatic carbocycles. The van der Waals surface area contributed by atoms with Crippen molar-refractivity contribution in [2.75, 3.05) is 10.6 Å². The number of nitrogens with one attached hydrogen (secondary N) is 2. The van der Waals surface area contributed by atoms with Crippen molar-refractivity contribution in [1.82, 2.24) is 9.97 Å². The minimum Gasteiger partial charge on any atom is -0.292 e. The molecule has 0 bridgehead atoms. The van der Waals surface area contributed by atoms with Gasteiger partial charge in [0.1, 0.15) is 5.82 Å². The standard InChI is InChI=1S/C13H16N4OS/c1-13(2,3)9-8-19-12(15-9)17-11(18)16-10-6-4-5-7-14-10/h4-8H,1-3H3,(H2,14,15,16,17,18). The van der Waals surface area contributed by atoms with Crippen LogP contribution in [0.15, 0.2) is 29.8 Å². The van der Waals surface area contributed by atoms with Gasteiger partial charge < -0.3 is 0 Å². The van der Waals surface area contributed by atoms with E-state index in [9.17, 15) is 4.79 Å². The smallest absolute Gasteiger partial charge is 0.292 e. The number of thiazole rings is 1. The molecular weight excluding hydrogens is 260 g/mol. The molecule has 2 amide bonds. The van der Waals surface area contributed by atoms with E-state index in [4.69, 9.17) is 0 Å². The lowest BCUT2D eigenvalue weighted by Crippen LogP contribution is -2.20. The van der Waals surface area contributed by atoms with Crippen LogP contribution in [0.3, 0.4) is 0 Å². The molecule has 19 heavy (non-hydrogen) atoms. The fourth-order valence-electron chi connectivity index (χ4n) is 1.36. The largest absolute Gasteiger partial charge is 0.326 e. The number of urea groups is 1. The van der Waals surface area contributed by atoms with Crippen molar-refractivity contribution >= 4 is 28.3 Å². The summed E-state index contributed by atoms with van der Waals surface area (Å²) in [5, 5.41) is 7.88. The fourth-order valence-corrected chi connectivity index (χ4v) is 2.29. The molecule has 2 N–H and O–H groups in total. The maximum absolute atomic E-state index is 11.7. The van der Waals surface area contributed by atoms with Gasteiger partial charge in [0.15, 0.2) is 5.13 Å². The fraction of sp³-hybridized carbons (Fsp3) is 0.308. The Morgan fingerprint density at radius 2 is 2.05 bits per heavy atom. The molecule has 0 unspecified atom stereocenters. The number of pyridine rings is 1. The molecule has 2 aromatic rings. The Hall–Kier alpha value is -1.95. The van der Waals surface area contributed by atoms with Crippen LogP contribution in [0.2, 0.25) is 0 Å². The second kappa shape index (κ2) is 5.36. The van der Waals surface area contributed by atoms with E-state index in [0.717, 1.165) is 5.69 Å². The number of anilines is 2. The summed E-state index contributed by atoms with van der Waals surface area (Å²) in [6.45, 7) is 6.25. The third-order valence-corrected chi connectivity index (χ3v) is 3.16. The summed E-state index contributed by atoms with van der Waals surface area (Å²) in [6.07, 6.45) is 1.62. The summed E-state index contributed by atoms with van der Waals surface area (Å²) in [5.74, 6) is 0.507. The van der Waals surface area contributed by atoms with Gasteiger partial charge in [-0.2, -0.15) is 0 Å². The molecule has 2 rings (SSSR count). The molecule has 0 atom stereocenters. The van der Waals surface area contributed by atoms with Gasteiger partial charge in [-0.3, -0.25) is 10.6 Å². The second-order valence-electron chi connectivity index (χ2n) is 5.08. The zero-order chi connectivity index (χ0) is 13.9. The summed E-state index contributed by atoms with van der Waals surface area (Å²) in [6, 6.07) is 4.99. The number of hydrogen-bond acceptors (Lipinski definition) is 4. The van der Waals surface area contributed by atoms with E-state index in [1.165, 1.54) is 11.3 Å². The van der Waals surface area contributed by atoms with Crippen molar-refractivity contribution in [2.45, 2.75) is 26.2 Å². The average Bonchev–Trinajstić information content (AvgIpc) is 2.78. The summed E-state index contributed by atoms with van der Waals surface area (Å²) >= 11 is 1.41. The van der Waals surface area contributed by atoms with Crippen LogP contribution in [0.25, 0.3) is 0 Å².